The van der Waals surface area contributed by atoms with Crippen molar-refractivity contribution in [2.75, 3.05) is 64.4 Å². The molecular formula is C34H47F3N6O5S2. The van der Waals surface area contributed by atoms with Gasteiger partial charge in [-0.05, 0) is 70.3 Å². The quantitative estimate of drug-likeness (QED) is 0.319. The van der Waals surface area contributed by atoms with Gasteiger partial charge in [0.05, 0.1) is 23.4 Å². The fourth-order valence-corrected chi connectivity index (χ4v) is 9.74. The maximum absolute atomic E-state index is 14.2. The second-order valence-electron chi connectivity index (χ2n) is 14.0. The highest BCUT2D eigenvalue weighted by molar-refractivity contribution is 7.99. The second-order valence-corrected chi connectivity index (χ2v) is 17.1. The van der Waals surface area contributed by atoms with Crippen molar-refractivity contribution in [2.24, 2.45) is 5.92 Å². The topological polar surface area (TPSA) is 119 Å². The molecule has 1 amide bonds. The molecule has 1 aromatic carbocycles. The first-order chi connectivity index (χ1) is 23.8. The molecule has 4 aliphatic rings. The number of aliphatic carboxylic acids is 1. The summed E-state index contributed by atoms with van der Waals surface area (Å²) in [5.41, 5.74) is 1.96. The van der Waals surface area contributed by atoms with Gasteiger partial charge in [0.2, 0.25) is 15.9 Å². The Hall–Kier alpha value is -2.66. The number of hydrogen-bond acceptors (Lipinski definition) is 8. The number of carbonyl (C=O) groups excluding carboxylic acids is 1. The zero-order valence-electron chi connectivity index (χ0n) is 28.5. The molecule has 5 heterocycles. The fraction of sp³-hybridized carbons (Fsp3) is 0.676. The van der Waals surface area contributed by atoms with Crippen LogP contribution in [0.3, 0.4) is 0 Å². The number of amides is 1. The summed E-state index contributed by atoms with van der Waals surface area (Å²) in [5.74, 6) is -0.500. The minimum Gasteiger partial charge on any atom is -0.481 e. The third-order valence-corrected chi connectivity index (χ3v) is 13.0. The Labute approximate surface area is 296 Å². The molecule has 4 aliphatic heterocycles. The molecule has 0 aliphatic carbocycles. The van der Waals surface area contributed by atoms with Gasteiger partial charge in [0.1, 0.15) is 0 Å². The van der Waals surface area contributed by atoms with Crippen molar-refractivity contribution in [2.45, 2.75) is 81.6 Å². The fourth-order valence-electron chi connectivity index (χ4n) is 7.83. The molecule has 0 saturated carbocycles. The molecule has 0 radical (unpaired) electrons. The van der Waals surface area contributed by atoms with Crippen LogP contribution in [-0.4, -0.2) is 125 Å². The highest BCUT2D eigenvalue weighted by Crippen LogP contribution is 2.40. The highest BCUT2D eigenvalue weighted by Gasteiger charge is 2.36. The van der Waals surface area contributed by atoms with Gasteiger partial charge in [0.25, 0.3) is 0 Å². The van der Waals surface area contributed by atoms with Crippen LogP contribution in [0.2, 0.25) is 0 Å². The average Bonchev–Trinajstić information content (AvgIpc) is 3.67. The van der Waals surface area contributed by atoms with Crippen LogP contribution in [0.1, 0.15) is 61.8 Å². The summed E-state index contributed by atoms with van der Waals surface area (Å²) in [5, 5.41) is 14.2. The summed E-state index contributed by atoms with van der Waals surface area (Å²) < 4.78 is 70.9. The van der Waals surface area contributed by atoms with Gasteiger partial charge < -0.3 is 19.8 Å². The summed E-state index contributed by atoms with van der Waals surface area (Å²) in [7, 11) is -3.49. The molecule has 0 bridgehead atoms. The number of nitrogens with zero attached hydrogens (tertiary/aromatic N) is 6. The van der Waals surface area contributed by atoms with Gasteiger partial charge >= 0.3 is 12.1 Å². The van der Waals surface area contributed by atoms with Gasteiger partial charge in [0.15, 0.2) is 0 Å². The zero-order valence-corrected chi connectivity index (χ0v) is 30.2. The zero-order chi connectivity index (χ0) is 35.6. The van der Waals surface area contributed by atoms with E-state index in [9.17, 15) is 36.3 Å². The van der Waals surface area contributed by atoms with Gasteiger partial charge in [-0.3, -0.25) is 14.3 Å². The first-order valence-electron chi connectivity index (χ1n) is 17.6. The Morgan fingerprint density at radius 1 is 0.980 bits per heavy atom. The number of benzene rings is 1. The molecule has 276 valence electrons. The largest absolute Gasteiger partial charge is 0.481 e. The maximum Gasteiger partial charge on any atom is 0.417 e. The molecule has 50 heavy (non-hydrogen) atoms. The number of rotatable bonds is 12. The Morgan fingerprint density at radius 3 is 2.32 bits per heavy atom. The van der Waals surface area contributed by atoms with Gasteiger partial charge in [-0.15, -0.1) is 11.8 Å². The van der Waals surface area contributed by atoms with Crippen molar-refractivity contribution in [1.29, 1.82) is 0 Å². The number of alkyl halides is 3. The van der Waals surface area contributed by atoms with Crippen molar-refractivity contribution in [3.63, 3.8) is 0 Å². The molecule has 3 saturated heterocycles. The van der Waals surface area contributed by atoms with Crippen molar-refractivity contribution in [3.8, 4) is 11.3 Å². The molecule has 2 aromatic rings. The number of carboxylic acid groups (broad SMARTS) is 1. The average molecular weight is 741 g/mol. The Kier molecular flexibility index (Phi) is 11.5. The maximum atomic E-state index is 14.2. The number of carboxylic acids is 1. The molecule has 11 nitrogen and oxygen atoms in total. The van der Waals surface area contributed by atoms with Gasteiger partial charge in [-0.1, -0.05) is 6.07 Å². The number of carbonyl (C=O) groups is 2. The highest BCUT2D eigenvalue weighted by atomic mass is 32.2. The van der Waals surface area contributed by atoms with E-state index in [0.717, 1.165) is 80.9 Å². The van der Waals surface area contributed by atoms with Crippen molar-refractivity contribution >= 4 is 33.7 Å². The van der Waals surface area contributed by atoms with E-state index in [1.165, 1.54) is 22.7 Å². The summed E-state index contributed by atoms with van der Waals surface area (Å²) in [4.78, 5) is 30.1. The van der Waals surface area contributed by atoms with Crippen molar-refractivity contribution in [1.82, 2.24) is 28.8 Å². The number of aryl methyl sites for hydroxylation is 1. The number of aromatic nitrogens is 2. The van der Waals surface area contributed by atoms with Gasteiger partial charge in [0, 0.05) is 92.2 Å². The Bertz CT molecular complexity index is 1650. The van der Waals surface area contributed by atoms with Crippen molar-refractivity contribution in [3.05, 3.63) is 35.0 Å². The third kappa shape index (κ3) is 8.68. The first kappa shape index (κ1) is 37.1. The van der Waals surface area contributed by atoms with Crippen LogP contribution in [0.15, 0.2) is 23.1 Å². The number of halogens is 3. The summed E-state index contributed by atoms with van der Waals surface area (Å²) in [6.45, 7) is 6.34. The van der Waals surface area contributed by atoms with Gasteiger partial charge in [-0.25, -0.2) is 8.42 Å². The number of thioether (sulfide) groups is 1. The van der Waals surface area contributed by atoms with E-state index >= 15 is 0 Å². The van der Waals surface area contributed by atoms with E-state index in [1.54, 1.807) is 0 Å². The number of fused-ring (bicyclic) bond motifs is 1. The van der Waals surface area contributed by atoms with E-state index < -0.39 is 27.7 Å². The predicted molar refractivity (Wildman–Crippen MR) is 184 cm³/mol. The van der Waals surface area contributed by atoms with Crippen LogP contribution in [-0.2, 0) is 45.3 Å². The normalized spacial score (nSPS) is 20.9. The number of hydrogen-bond donors (Lipinski definition) is 1. The van der Waals surface area contributed by atoms with Crippen molar-refractivity contribution < 1.29 is 36.3 Å². The molecule has 0 spiro atoms. The second kappa shape index (κ2) is 15.5. The smallest absolute Gasteiger partial charge is 0.417 e. The minimum absolute atomic E-state index is 0.0912. The molecule has 0 atom stereocenters. The third-order valence-electron chi connectivity index (χ3n) is 10.7. The van der Waals surface area contributed by atoms with Gasteiger partial charge in [-0.2, -0.15) is 22.6 Å². The molecule has 16 heteroatoms. The Morgan fingerprint density at radius 2 is 1.68 bits per heavy atom. The lowest BCUT2D eigenvalue weighted by Crippen LogP contribution is -2.45. The first-order valence-corrected chi connectivity index (χ1v) is 20.5. The van der Waals surface area contributed by atoms with Crippen LogP contribution < -0.4 is 0 Å². The molecule has 1 N–H and O–H groups in total. The summed E-state index contributed by atoms with van der Waals surface area (Å²) in [6.07, 6.45) is 2.48. The molecule has 3 fully saturated rings. The van der Waals surface area contributed by atoms with E-state index in [4.69, 9.17) is 5.10 Å². The standard InChI is InChI=1S/C34H47F3N6O5S2/c1-50(47,48)41-19-11-29-27(23-41)32(38-43(29)14-3-12-39-17-9-26(10-18-39)42-13-2-4-31(42)44)25-5-6-28(34(35,36)37)30(22-25)49-21-20-40-15-7-24(8-16-40)33(45)46/h5-6,22,24,26H,2-4,7-21,23H2,1H3,(H,45,46). The van der Waals surface area contributed by atoms with Crippen LogP contribution in [0, 0.1) is 5.92 Å². The van der Waals surface area contributed by atoms with E-state index in [0.29, 0.717) is 81.5 Å². The lowest BCUT2D eigenvalue weighted by molar-refractivity contribution is -0.143. The SMILES string of the molecule is CS(=O)(=O)N1CCc2c(c(-c3ccc(C(F)(F)F)c(SCCN4CCC(C(=O)O)CC4)c3)nn2CCCN2CCC(N3CCCC3=O)CC2)C1. The Balaban J connectivity index is 1.16. The number of sulfonamides is 1. The van der Waals surface area contributed by atoms with Crippen LogP contribution >= 0.6 is 11.8 Å². The van der Waals surface area contributed by atoms with E-state index in [-0.39, 0.29) is 23.3 Å². The molecule has 0 unspecified atom stereocenters. The van der Waals surface area contributed by atoms with E-state index in [1.807, 2.05) is 9.58 Å². The lowest BCUT2D eigenvalue weighted by Gasteiger charge is -2.36. The van der Waals surface area contributed by atoms with E-state index in [2.05, 4.69) is 9.80 Å². The number of likely N-dealkylation sites (tertiary alicyclic amines) is 3. The van der Waals surface area contributed by atoms with Crippen LogP contribution in [0.5, 0.6) is 0 Å². The van der Waals surface area contributed by atoms with Crippen LogP contribution in [0.25, 0.3) is 11.3 Å². The minimum atomic E-state index is -4.55. The molecule has 1 aromatic heterocycles. The van der Waals surface area contributed by atoms with Crippen LogP contribution in [0.4, 0.5) is 13.2 Å². The summed E-state index contributed by atoms with van der Waals surface area (Å²) in [6, 6.07) is 4.39. The molecular weight excluding hydrogens is 694 g/mol. The lowest BCUT2D eigenvalue weighted by atomic mass is 9.97. The summed E-state index contributed by atoms with van der Waals surface area (Å²) >= 11 is 1.12. The number of piperidine rings is 2. The monoisotopic (exact) mass is 740 g/mol. The molecule has 6 rings (SSSR count). The predicted octanol–water partition coefficient (Wildman–Crippen LogP) is 4.25.